The first-order valence-electron chi connectivity index (χ1n) is 7.12. The molecule has 0 saturated heterocycles. The molecule has 0 spiro atoms. The van der Waals surface area contributed by atoms with Crippen LogP contribution in [0.4, 0.5) is 0 Å². The van der Waals surface area contributed by atoms with Crippen LogP contribution in [-0.4, -0.2) is 6.29 Å². The molecule has 0 saturated carbocycles. The van der Waals surface area contributed by atoms with Gasteiger partial charge in [-0.05, 0) is 68.0 Å². The molecule has 2 aromatic carbocycles. The number of ether oxygens (including phenoxy) is 1. The van der Waals surface area contributed by atoms with E-state index in [0.717, 1.165) is 24.0 Å². The summed E-state index contributed by atoms with van der Waals surface area (Å²) in [7, 11) is 0. The zero-order chi connectivity index (χ0) is 13.9. The summed E-state index contributed by atoms with van der Waals surface area (Å²) in [6.07, 6.45) is 5.67. The molecule has 0 unspecified atom stereocenters. The van der Waals surface area contributed by atoms with Crippen LogP contribution in [-0.2, 0) is 12.8 Å². The summed E-state index contributed by atoms with van der Waals surface area (Å²) in [6, 6.07) is 11.9. The van der Waals surface area contributed by atoms with Gasteiger partial charge in [-0.3, -0.25) is 4.79 Å². The number of benzene rings is 2. The van der Waals surface area contributed by atoms with E-state index in [2.05, 4.69) is 12.1 Å². The summed E-state index contributed by atoms with van der Waals surface area (Å²) >= 11 is 0. The van der Waals surface area contributed by atoms with Crippen molar-refractivity contribution in [1.29, 1.82) is 0 Å². The molecule has 1 aliphatic carbocycles. The van der Waals surface area contributed by atoms with E-state index >= 15 is 0 Å². The summed E-state index contributed by atoms with van der Waals surface area (Å²) in [5, 5.41) is 0. The van der Waals surface area contributed by atoms with Gasteiger partial charge in [-0.1, -0.05) is 17.7 Å². The second-order valence-electron chi connectivity index (χ2n) is 5.40. The van der Waals surface area contributed by atoms with E-state index in [9.17, 15) is 4.79 Å². The molecule has 20 heavy (non-hydrogen) atoms. The highest BCUT2D eigenvalue weighted by atomic mass is 16.5. The number of rotatable bonds is 3. The topological polar surface area (TPSA) is 26.3 Å². The standard InChI is InChI=1S/C18H18O2/c1-13-6-9-18(16(10-13)12-19)20-17-8-7-14-4-2-3-5-15(14)11-17/h6-12H,2-5H2,1H3. The Morgan fingerprint density at radius 2 is 1.80 bits per heavy atom. The lowest BCUT2D eigenvalue weighted by Crippen LogP contribution is -2.02. The Balaban J connectivity index is 1.89. The lowest BCUT2D eigenvalue weighted by molar-refractivity contribution is 0.112. The number of hydrogen-bond donors (Lipinski definition) is 0. The van der Waals surface area contributed by atoms with E-state index < -0.39 is 0 Å². The third kappa shape index (κ3) is 2.60. The molecule has 0 amide bonds. The number of fused-ring (bicyclic) bond motifs is 1. The molecule has 102 valence electrons. The maximum atomic E-state index is 11.1. The lowest BCUT2D eigenvalue weighted by atomic mass is 9.92. The van der Waals surface area contributed by atoms with E-state index in [4.69, 9.17) is 4.74 Å². The minimum Gasteiger partial charge on any atom is -0.457 e. The molecule has 2 heteroatoms. The van der Waals surface area contributed by atoms with Crippen molar-refractivity contribution < 1.29 is 9.53 Å². The number of hydrogen-bond acceptors (Lipinski definition) is 2. The van der Waals surface area contributed by atoms with Crippen molar-refractivity contribution in [2.24, 2.45) is 0 Å². The second kappa shape index (κ2) is 5.49. The molecule has 0 atom stereocenters. The molecule has 0 bridgehead atoms. The molecule has 1 aliphatic rings. The fraction of sp³-hybridized carbons (Fsp3) is 0.278. The van der Waals surface area contributed by atoms with Gasteiger partial charge >= 0.3 is 0 Å². The molecule has 3 rings (SSSR count). The molecule has 0 aliphatic heterocycles. The Morgan fingerprint density at radius 1 is 1.00 bits per heavy atom. The first kappa shape index (κ1) is 12.9. The molecule has 0 N–H and O–H groups in total. The third-order valence-corrected chi connectivity index (χ3v) is 3.84. The zero-order valence-corrected chi connectivity index (χ0v) is 11.7. The van der Waals surface area contributed by atoms with Gasteiger partial charge < -0.3 is 4.74 Å². The molecule has 0 heterocycles. The lowest BCUT2D eigenvalue weighted by Gasteiger charge is -2.17. The predicted molar refractivity (Wildman–Crippen MR) is 79.7 cm³/mol. The van der Waals surface area contributed by atoms with Crippen molar-refractivity contribution in [2.75, 3.05) is 0 Å². The Kier molecular flexibility index (Phi) is 3.55. The average Bonchev–Trinajstić information content (AvgIpc) is 2.49. The predicted octanol–water partition coefficient (Wildman–Crippen LogP) is 4.48. The fourth-order valence-electron chi connectivity index (χ4n) is 2.75. The Labute approximate surface area is 119 Å². The van der Waals surface area contributed by atoms with Crippen molar-refractivity contribution >= 4 is 6.29 Å². The van der Waals surface area contributed by atoms with Gasteiger partial charge in [0.2, 0.25) is 0 Å². The highest BCUT2D eigenvalue weighted by molar-refractivity contribution is 5.79. The van der Waals surface area contributed by atoms with Crippen LogP contribution in [0.2, 0.25) is 0 Å². The molecule has 2 aromatic rings. The molecule has 0 fully saturated rings. The first-order valence-corrected chi connectivity index (χ1v) is 7.12. The van der Waals surface area contributed by atoms with Gasteiger partial charge in [0.25, 0.3) is 0 Å². The summed E-state index contributed by atoms with van der Waals surface area (Å²) in [5.41, 5.74) is 4.48. The van der Waals surface area contributed by atoms with Gasteiger partial charge in [-0.25, -0.2) is 0 Å². The van der Waals surface area contributed by atoms with Gasteiger partial charge in [0.05, 0.1) is 5.56 Å². The average molecular weight is 266 g/mol. The largest absolute Gasteiger partial charge is 0.457 e. The van der Waals surface area contributed by atoms with Gasteiger partial charge in [0.15, 0.2) is 6.29 Å². The fourth-order valence-corrected chi connectivity index (χ4v) is 2.75. The summed E-state index contributed by atoms with van der Waals surface area (Å²) < 4.78 is 5.89. The Morgan fingerprint density at radius 3 is 2.60 bits per heavy atom. The summed E-state index contributed by atoms with van der Waals surface area (Å²) in [6.45, 7) is 1.97. The maximum Gasteiger partial charge on any atom is 0.153 e. The quantitative estimate of drug-likeness (QED) is 0.766. The highest BCUT2D eigenvalue weighted by Crippen LogP contribution is 2.29. The van der Waals surface area contributed by atoms with E-state index in [0.29, 0.717) is 11.3 Å². The number of aryl methyl sites for hydroxylation is 3. The van der Waals surface area contributed by atoms with Crippen LogP contribution in [0.15, 0.2) is 36.4 Å². The van der Waals surface area contributed by atoms with Crippen molar-refractivity contribution in [3.05, 3.63) is 58.7 Å². The molecule has 2 nitrogen and oxygen atoms in total. The van der Waals surface area contributed by atoms with Crippen LogP contribution in [0.3, 0.4) is 0 Å². The van der Waals surface area contributed by atoms with Crippen molar-refractivity contribution in [1.82, 2.24) is 0 Å². The number of carbonyl (C=O) groups is 1. The minimum atomic E-state index is 0.600. The monoisotopic (exact) mass is 266 g/mol. The van der Waals surface area contributed by atoms with Crippen LogP contribution in [0.1, 0.15) is 39.9 Å². The SMILES string of the molecule is Cc1ccc(Oc2ccc3c(c2)CCCC3)c(C=O)c1. The van der Waals surface area contributed by atoms with Gasteiger partial charge in [-0.2, -0.15) is 0 Å². The normalized spacial score (nSPS) is 13.7. The van der Waals surface area contributed by atoms with Crippen LogP contribution >= 0.6 is 0 Å². The van der Waals surface area contributed by atoms with Crippen molar-refractivity contribution in [3.8, 4) is 11.5 Å². The van der Waals surface area contributed by atoms with Gasteiger partial charge in [-0.15, -0.1) is 0 Å². The smallest absolute Gasteiger partial charge is 0.153 e. The van der Waals surface area contributed by atoms with Crippen LogP contribution in [0.5, 0.6) is 11.5 Å². The Hall–Kier alpha value is -2.09. The maximum absolute atomic E-state index is 11.1. The molecular formula is C18H18O2. The molecule has 0 aromatic heterocycles. The van der Waals surface area contributed by atoms with Crippen molar-refractivity contribution in [2.45, 2.75) is 32.6 Å². The van der Waals surface area contributed by atoms with Crippen LogP contribution in [0.25, 0.3) is 0 Å². The van der Waals surface area contributed by atoms with Crippen LogP contribution < -0.4 is 4.74 Å². The van der Waals surface area contributed by atoms with Gasteiger partial charge in [0.1, 0.15) is 11.5 Å². The highest BCUT2D eigenvalue weighted by Gasteiger charge is 2.11. The van der Waals surface area contributed by atoms with E-state index in [1.165, 1.54) is 30.4 Å². The van der Waals surface area contributed by atoms with Gasteiger partial charge in [0, 0.05) is 0 Å². The molecular weight excluding hydrogens is 248 g/mol. The van der Waals surface area contributed by atoms with Crippen LogP contribution in [0, 0.1) is 6.92 Å². The summed E-state index contributed by atoms with van der Waals surface area (Å²) in [5.74, 6) is 1.44. The van der Waals surface area contributed by atoms with E-state index in [1.54, 1.807) is 0 Å². The number of aldehydes is 1. The third-order valence-electron chi connectivity index (χ3n) is 3.84. The van der Waals surface area contributed by atoms with Crippen molar-refractivity contribution in [3.63, 3.8) is 0 Å². The zero-order valence-electron chi connectivity index (χ0n) is 11.7. The first-order chi connectivity index (χ1) is 9.76. The minimum absolute atomic E-state index is 0.600. The summed E-state index contributed by atoms with van der Waals surface area (Å²) in [4.78, 5) is 11.1. The second-order valence-corrected chi connectivity index (χ2v) is 5.40. The number of carbonyl (C=O) groups excluding carboxylic acids is 1. The molecule has 0 radical (unpaired) electrons. The van der Waals surface area contributed by atoms with E-state index in [-0.39, 0.29) is 0 Å². The van der Waals surface area contributed by atoms with E-state index in [1.807, 2.05) is 31.2 Å². The Bertz CT molecular complexity index is 644.